The summed E-state index contributed by atoms with van der Waals surface area (Å²) in [5, 5.41) is 18.4. The van der Waals surface area contributed by atoms with Crippen LogP contribution in [-0.4, -0.2) is 21.0 Å². The van der Waals surface area contributed by atoms with Crippen molar-refractivity contribution in [1.29, 1.82) is 0 Å². The molecule has 7 nitrogen and oxygen atoms in total. The standard InChI is InChI=1S/C18H14N4O3/c1-9-4-3-5-12-15(9)20-18(24)16(12)21-22-17(23)11-6-7-14-13(8-11)19-10(2)25-14/h3-8,20,24H,1-2H3. The second-order valence-electron chi connectivity index (χ2n) is 5.74. The molecular formula is C18H14N4O3. The molecule has 124 valence electrons. The Morgan fingerprint density at radius 1 is 1.24 bits per heavy atom. The highest BCUT2D eigenvalue weighted by Gasteiger charge is 2.13. The number of benzene rings is 2. The quantitative estimate of drug-likeness (QED) is 0.524. The Balaban J connectivity index is 1.70. The maximum Gasteiger partial charge on any atom is 0.295 e. The van der Waals surface area contributed by atoms with Crippen molar-refractivity contribution in [3.8, 4) is 5.88 Å². The number of carbonyl (C=O) groups is 1. The first-order valence-electron chi connectivity index (χ1n) is 7.66. The fourth-order valence-electron chi connectivity index (χ4n) is 2.77. The molecule has 4 rings (SSSR count). The molecule has 2 heterocycles. The number of nitrogens with zero attached hydrogens (tertiary/aromatic N) is 3. The SMILES string of the molecule is Cc1nc2cc(C(=O)N=Nc3c(O)[nH]c4c(C)cccc34)ccc2o1. The summed E-state index contributed by atoms with van der Waals surface area (Å²) in [5.41, 5.74) is 3.51. The number of hydrogen-bond donors (Lipinski definition) is 2. The number of para-hydroxylation sites is 1. The van der Waals surface area contributed by atoms with Crippen LogP contribution in [0, 0.1) is 13.8 Å². The minimum absolute atomic E-state index is 0.122. The highest BCUT2D eigenvalue weighted by Crippen LogP contribution is 2.36. The van der Waals surface area contributed by atoms with Crippen molar-refractivity contribution >= 4 is 33.6 Å². The maximum atomic E-state index is 12.3. The molecule has 25 heavy (non-hydrogen) atoms. The van der Waals surface area contributed by atoms with Gasteiger partial charge < -0.3 is 14.5 Å². The predicted octanol–water partition coefficient (Wildman–Crippen LogP) is 4.56. The van der Waals surface area contributed by atoms with E-state index in [1.165, 1.54) is 0 Å². The van der Waals surface area contributed by atoms with Gasteiger partial charge in [-0.05, 0) is 30.7 Å². The number of rotatable bonds is 2. The molecule has 4 aromatic rings. The van der Waals surface area contributed by atoms with Gasteiger partial charge in [-0.2, -0.15) is 0 Å². The van der Waals surface area contributed by atoms with E-state index < -0.39 is 5.91 Å². The maximum absolute atomic E-state index is 12.3. The summed E-state index contributed by atoms with van der Waals surface area (Å²) in [5.74, 6) is -0.118. The average molecular weight is 334 g/mol. The van der Waals surface area contributed by atoms with Crippen LogP contribution in [0.3, 0.4) is 0 Å². The molecule has 0 radical (unpaired) electrons. The first kappa shape index (κ1) is 15.1. The van der Waals surface area contributed by atoms with Crippen molar-refractivity contribution in [2.75, 3.05) is 0 Å². The van der Waals surface area contributed by atoms with Crippen molar-refractivity contribution in [1.82, 2.24) is 9.97 Å². The van der Waals surface area contributed by atoms with E-state index in [0.29, 0.717) is 27.9 Å². The molecule has 2 aromatic carbocycles. The van der Waals surface area contributed by atoms with Gasteiger partial charge in [0.1, 0.15) is 5.52 Å². The number of H-pyrrole nitrogens is 1. The zero-order valence-electron chi connectivity index (χ0n) is 13.6. The Hall–Kier alpha value is -3.48. The van der Waals surface area contributed by atoms with E-state index in [-0.39, 0.29) is 11.6 Å². The molecule has 2 N–H and O–H groups in total. The third-order valence-corrected chi connectivity index (χ3v) is 3.98. The van der Waals surface area contributed by atoms with E-state index in [1.54, 1.807) is 25.1 Å². The van der Waals surface area contributed by atoms with Crippen LogP contribution in [0.2, 0.25) is 0 Å². The third-order valence-electron chi connectivity index (χ3n) is 3.98. The molecule has 0 saturated carbocycles. The normalized spacial score (nSPS) is 11.8. The highest BCUT2D eigenvalue weighted by atomic mass is 16.3. The average Bonchev–Trinajstić information content (AvgIpc) is 3.11. The fraction of sp³-hybridized carbons (Fsp3) is 0.111. The number of hydrogen-bond acceptors (Lipinski definition) is 5. The summed E-state index contributed by atoms with van der Waals surface area (Å²) in [6.45, 7) is 3.66. The summed E-state index contributed by atoms with van der Waals surface area (Å²) < 4.78 is 5.38. The van der Waals surface area contributed by atoms with Crippen molar-refractivity contribution < 1.29 is 14.3 Å². The molecule has 1 amide bonds. The molecule has 0 aliphatic rings. The summed E-state index contributed by atoms with van der Waals surface area (Å²) in [4.78, 5) is 19.3. The smallest absolute Gasteiger partial charge is 0.295 e. The minimum Gasteiger partial charge on any atom is -0.493 e. The number of aromatic hydroxyl groups is 1. The van der Waals surface area contributed by atoms with E-state index in [2.05, 4.69) is 20.2 Å². The van der Waals surface area contributed by atoms with Crippen LogP contribution < -0.4 is 0 Å². The Labute approximate surface area is 142 Å². The first-order chi connectivity index (χ1) is 12.0. The fourth-order valence-corrected chi connectivity index (χ4v) is 2.77. The van der Waals surface area contributed by atoms with Gasteiger partial charge in [-0.15, -0.1) is 10.2 Å². The van der Waals surface area contributed by atoms with E-state index in [9.17, 15) is 9.90 Å². The molecule has 0 unspecified atom stereocenters. The topological polar surface area (TPSA) is 104 Å². The minimum atomic E-state index is -0.524. The van der Waals surface area contributed by atoms with Gasteiger partial charge in [0.05, 0.1) is 5.52 Å². The van der Waals surface area contributed by atoms with Gasteiger partial charge in [0.25, 0.3) is 5.91 Å². The number of aromatic nitrogens is 2. The van der Waals surface area contributed by atoms with Crippen molar-refractivity contribution in [3.63, 3.8) is 0 Å². The molecule has 0 atom stereocenters. The van der Waals surface area contributed by atoms with E-state index >= 15 is 0 Å². The second kappa shape index (κ2) is 5.55. The number of nitrogens with one attached hydrogen (secondary N) is 1. The Kier molecular flexibility index (Phi) is 3.35. The van der Waals surface area contributed by atoms with Gasteiger partial charge in [0.2, 0.25) is 5.88 Å². The Bertz CT molecular complexity index is 1150. The van der Waals surface area contributed by atoms with Crippen LogP contribution in [0.15, 0.2) is 51.0 Å². The molecule has 0 aliphatic carbocycles. The number of carbonyl (C=O) groups excluding carboxylic acids is 1. The zero-order chi connectivity index (χ0) is 17.6. The molecule has 7 heteroatoms. The third kappa shape index (κ3) is 2.55. The number of aromatic amines is 1. The van der Waals surface area contributed by atoms with Crippen LogP contribution in [0.5, 0.6) is 5.88 Å². The molecule has 0 fully saturated rings. The van der Waals surface area contributed by atoms with Crippen LogP contribution in [-0.2, 0) is 0 Å². The molecule has 0 aliphatic heterocycles. The van der Waals surface area contributed by atoms with Gasteiger partial charge in [0.15, 0.2) is 17.2 Å². The lowest BCUT2D eigenvalue weighted by Gasteiger charge is -1.95. The predicted molar refractivity (Wildman–Crippen MR) is 92.3 cm³/mol. The van der Waals surface area contributed by atoms with Crippen LogP contribution in [0.25, 0.3) is 22.0 Å². The Morgan fingerprint density at radius 3 is 2.92 bits per heavy atom. The number of fused-ring (bicyclic) bond motifs is 2. The van der Waals surface area contributed by atoms with E-state index in [4.69, 9.17) is 4.42 Å². The summed E-state index contributed by atoms with van der Waals surface area (Å²) >= 11 is 0. The Morgan fingerprint density at radius 2 is 2.08 bits per heavy atom. The highest BCUT2D eigenvalue weighted by molar-refractivity contribution is 5.99. The lowest BCUT2D eigenvalue weighted by atomic mass is 10.1. The van der Waals surface area contributed by atoms with Crippen molar-refractivity contribution in [2.24, 2.45) is 10.2 Å². The largest absolute Gasteiger partial charge is 0.493 e. The lowest BCUT2D eigenvalue weighted by molar-refractivity contribution is 0.0995. The molecular weight excluding hydrogens is 320 g/mol. The van der Waals surface area contributed by atoms with Gasteiger partial charge in [-0.25, -0.2) is 4.98 Å². The van der Waals surface area contributed by atoms with Crippen molar-refractivity contribution in [2.45, 2.75) is 13.8 Å². The van der Waals surface area contributed by atoms with Gasteiger partial charge in [-0.1, -0.05) is 18.2 Å². The zero-order valence-corrected chi connectivity index (χ0v) is 13.6. The van der Waals surface area contributed by atoms with E-state index in [0.717, 1.165) is 11.1 Å². The van der Waals surface area contributed by atoms with Gasteiger partial charge in [-0.3, -0.25) is 4.79 Å². The van der Waals surface area contributed by atoms with Crippen molar-refractivity contribution in [3.05, 3.63) is 53.4 Å². The van der Waals surface area contributed by atoms with Crippen LogP contribution >= 0.6 is 0 Å². The molecule has 0 spiro atoms. The van der Waals surface area contributed by atoms with E-state index in [1.807, 2.05) is 25.1 Å². The summed E-state index contributed by atoms with van der Waals surface area (Å²) in [6, 6.07) is 10.5. The van der Waals surface area contributed by atoms with Crippen LogP contribution in [0.4, 0.5) is 5.69 Å². The monoisotopic (exact) mass is 334 g/mol. The lowest BCUT2D eigenvalue weighted by Crippen LogP contribution is -1.93. The number of oxazole rings is 1. The number of azo groups is 1. The summed E-state index contributed by atoms with van der Waals surface area (Å²) in [7, 11) is 0. The second-order valence-corrected chi connectivity index (χ2v) is 5.74. The number of amides is 1. The van der Waals surface area contributed by atoms with Gasteiger partial charge in [0, 0.05) is 17.9 Å². The molecule has 0 bridgehead atoms. The first-order valence-corrected chi connectivity index (χ1v) is 7.66. The summed E-state index contributed by atoms with van der Waals surface area (Å²) in [6.07, 6.45) is 0. The number of aryl methyl sites for hydroxylation is 2. The van der Waals surface area contributed by atoms with Crippen LogP contribution in [0.1, 0.15) is 21.8 Å². The van der Waals surface area contributed by atoms with Gasteiger partial charge >= 0.3 is 0 Å². The molecule has 0 saturated heterocycles. The molecule has 2 aromatic heterocycles.